The number of nitrogens with zero attached hydrogens (tertiary/aromatic N) is 3. The molecule has 0 spiro atoms. The summed E-state index contributed by atoms with van der Waals surface area (Å²) in [5.74, 6) is 8.82. The van der Waals surface area contributed by atoms with Crippen molar-refractivity contribution >= 4 is 0 Å². The van der Waals surface area contributed by atoms with Crippen LogP contribution in [0.4, 0.5) is 0 Å². The van der Waals surface area contributed by atoms with Crippen molar-refractivity contribution in [1.29, 1.82) is 5.26 Å². The minimum absolute atomic E-state index is 0.530. The largest absolute Gasteiger partial charge is 0.271 e. The number of fused-ring (bicyclic) bond motifs is 5. The van der Waals surface area contributed by atoms with E-state index in [1.165, 1.54) is 44.9 Å². The molecule has 5 aliphatic rings. The third-order valence-electron chi connectivity index (χ3n) is 11.4. The molecule has 0 aliphatic heterocycles. The highest BCUT2D eigenvalue weighted by Gasteiger charge is 2.57. The van der Waals surface area contributed by atoms with Crippen molar-refractivity contribution in [3.8, 4) is 6.07 Å². The van der Waals surface area contributed by atoms with E-state index in [-0.39, 0.29) is 0 Å². The van der Waals surface area contributed by atoms with Gasteiger partial charge in [-0.2, -0.15) is 10.4 Å². The van der Waals surface area contributed by atoms with E-state index in [1.807, 2.05) is 10.9 Å². The lowest BCUT2D eigenvalue weighted by Crippen LogP contribution is -2.49. The molecule has 6 rings (SSSR count). The van der Waals surface area contributed by atoms with Gasteiger partial charge in [-0.15, -0.1) is 0 Å². The molecule has 1 aromatic rings. The van der Waals surface area contributed by atoms with Gasteiger partial charge in [0.05, 0.1) is 11.8 Å². The third kappa shape index (κ3) is 3.65. The van der Waals surface area contributed by atoms with Crippen molar-refractivity contribution in [2.75, 3.05) is 0 Å². The van der Waals surface area contributed by atoms with Gasteiger partial charge in [-0.25, -0.2) is 0 Å². The van der Waals surface area contributed by atoms with Crippen LogP contribution in [0, 0.1) is 70.0 Å². The van der Waals surface area contributed by atoms with Crippen molar-refractivity contribution in [2.45, 2.75) is 97.4 Å². The molecular formula is C29H43N3. The van der Waals surface area contributed by atoms with Crippen LogP contribution >= 0.6 is 0 Å². The fourth-order valence-corrected chi connectivity index (χ4v) is 9.91. The lowest BCUT2D eigenvalue weighted by molar-refractivity contribution is -0.0751. The number of hydrogen-bond donors (Lipinski definition) is 0. The van der Waals surface area contributed by atoms with Crippen LogP contribution < -0.4 is 0 Å². The van der Waals surface area contributed by atoms with Crippen LogP contribution in [0.5, 0.6) is 0 Å². The normalized spacial score (nSPS) is 44.2. The van der Waals surface area contributed by atoms with Gasteiger partial charge >= 0.3 is 0 Å². The molecule has 5 aliphatic carbocycles. The molecule has 1 aromatic heterocycles. The first-order valence-corrected chi connectivity index (χ1v) is 14.0. The molecule has 0 amide bonds. The van der Waals surface area contributed by atoms with E-state index in [1.54, 1.807) is 38.3 Å². The number of nitriles is 1. The summed E-state index contributed by atoms with van der Waals surface area (Å²) in [6.07, 6.45) is 21.9. The van der Waals surface area contributed by atoms with Crippen LogP contribution in [-0.2, 0) is 6.54 Å². The molecule has 0 bridgehead atoms. The zero-order valence-corrected chi connectivity index (χ0v) is 20.4. The molecule has 9 atom stereocenters. The van der Waals surface area contributed by atoms with Gasteiger partial charge < -0.3 is 0 Å². The first-order valence-electron chi connectivity index (χ1n) is 14.0. The Balaban J connectivity index is 1.12. The molecule has 174 valence electrons. The maximum Gasteiger partial charge on any atom is 0.102 e. The predicted octanol–water partition coefficient (Wildman–Crippen LogP) is 7.08. The van der Waals surface area contributed by atoms with Gasteiger partial charge in [-0.3, -0.25) is 4.68 Å². The van der Waals surface area contributed by atoms with Crippen molar-refractivity contribution in [1.82, 2.24) is 9.78 Å². The SMILES string of the molecule is C[C@@H](Cn1cc(C#N)cn1)C1CCC2[C@@H]3CC[C@@H]4C[C@@H](CC5CC5)CC[C@@H]4C3CC[C@@]21C. The fourth-order valence-electron chi connectivity index (χ4n) is 9.91. The van der Waals surface area contributed by atoms with Crippen LogP contribution in [0.15, 0.2) is 12.4 Å². The number of rotatable bonds is 5. The van der Waals surface area contributed by atoms with Gasteiger partial charge in [0.1, 0.15) is 6.07 Å². The summed E-state index contributed by atoms with van der Waals surface area (Å²) in [5, 5.41) is 13.6. The Labute approximate surface area is 195 Å². The Hall–Kier alpha value is -1.30. The highest BCUT2D eigenvalue weighted by atomic mass is 15.3. The van der Waals surface area contributed by atoms with Crippen molar-refractivity contribution in [2.24, 2.45) is 58.7 Å². The van der Waals surface area contributed by atoms with Gasteiger partial charge in [0.25, 0.3) is 0 Å². The monoisotopic (exact) mass is 433 g/mol. The molecule has 3 unspecified atom stereocenters. The van der Waals surface area contributed by atoms with Crippen LogP contribution in [0.3, 0.4) is 0 Å². The highest BCUT2D eigenvalue weighted by Crippen LogP contribution is 2.65. The Morgan fingerprint density at radius 2 is 1.84 bits per heavy atom. The molecule has 0 aromatic carbocycles. The van der Waals surface area contributed by atoms with E-state index >= 15 is 0 Å². The summed E-state index contributed by atoms with van der Waals surface area (Å²) in [7, 11) is 0. The van der Waals surface area contributed by atoms with E-state index in [0.717, 1.165) is 53.9 Å². The average molecular weight is 434 g/mol. The summed E-state index contributed by atoms with van der Waals surface area (Å²) in [5.41, 5.74) is 1.22. The lowest BCUT2D eigenvalue weighted by Gasteiger charge is -2.57. The standard InChI is InChI=1S/C29H43N3/c1-19(17-32-18-22(15-30)16-31-32)27-9-10-28-26-8-6-23-14-21(13-20-3-4-20)5-7-24(23)25(26)11-12-29(27,28)2/h16,18-21,23-28H,3-14,17H2,1-2H3/t19-,21+,23+,24-,25?,26+,27?,28?,29+/m0/s1. The molecule has 3 nitrogen and oxygen atoms in total. The molecule has 3 heteroatoms. The zero-order chi connectivity index (χ0) is 21.9. The summed E-state index contributed by atoms with van der Waals surface area (Å²) >= 11 is 0. The summed E-state index contributed by atoms with van der Waals surface area (Å²) in [6.45, 7) is 6.09. The van der Waals surface area contributed by atoms with E-state index in [0.29, 0.717) is 16.9 Å². The second-order valence-corrected chi connectivity index (χ2v) is 13.1. The molecule has 5 saturated carbocycles. The maximum absolute atomic E-state index is 9.14. The Morgan fingerprint density at radius 3 is 2.62 bits per heavy atom. The Bertz CT molecular complexity index is 862. The Kier molecular flexibility index (Phi) is 5.43. The molecule has 32 heavy (non-hydrogen) atoms. The van der Waals surface area contributed by atoms with Crippen LogP contribution in [-0.4, -0.2) is 9.78 Å². The number of hydrogen-bond acceptors (Lipinski definition) is 2. The van der Waals surface area contributed by atoms with Crippen LogP contribution in [0.25, 0.3) is 0 Å². The van der Waals surface area contributed by atoms with Crippen LogP contribution in [0.1, 0.15) is 96.5 Å². The summed E-state index contributed by atoms with van der Waals surface area (Å²) < 4.78 is 2.02. The lowest BCUT2D eigenvalue weighted by atomic mass is 9.48. The smallest absolute Gasteiger partial charge is 0.102 e. The second kappa shape index (κ2) is 8.18. The third-order valence-corrected chi connectivity index (χ3v) is 11.4. The minimum Gasteiger partial charge on any atom is -0.271 e. The van der Waals surface area contributed by atoms with E-state index in [9.17, 15) is 0 Å². The molecule has 1 heterocycles. The van der Waals surface area contributed by atoms with Gasteiger partial charge in [0.2, 0.25) is 0 Å². The number of aromatic nitrogens is 2. The van der Waals surface area contributed by atoms with E-state index < -0.39 is 0 Å². The average Bonchev–Trinajstić information content (AvgIpc) is 3.36. The minimum atomic E-state index is 0.530. The van der Waals surface area contributed by atoms with E-state index in [4.69, 9.17) is 5.26 Å². The first-order chi connectivity index (χ1) is 15.5. The van der Waals surface area contributed by atoms with Crippen LogP contribution in [0.2, 0.25) is 0 Å². The van der Waals surface area contributed by atoms with E-state index in [2.05, 4.69) is 25.0 Å². The fraction of sp³-hybridized carbons (Fsp3) is 0.862. The molecule has 0 radical (unpaired) electrons. The van der Waals surface area contributed by atoms with Gasteiger partial charge in [-0.05, 0) is 116 Å². The highest BCUT2D eigenvalue weighted by molar-refractivity contribution is 5.21. The summed E-state index contributed by atoms with van der Waals surface area (Å²) in [4.78, 5) is 0. The quantitative estimate of drug-likeness (QED) is 0.498. The molecule has 0 N–H and O–H groups in total. The maximum atomic E-state index is 9.14. The summed E-state index contributed by atoms with van der Waals surface area (Å²) in [6, 6.07) is 2.23. The van der Waals surface area contributed by atoms with Crippen molar-refractivity contribution in [3.05, 3.63) is 18.0 Å². The van der Waals surface area contributed by atoms with Gasteiger partial charge in [-0.1, -0.05) is 33.1 Å². The van der Waals surface area contributed by atoms with Gasteiger partial charge in [0, 0.05) is 12.7 Å². The van der Waals surface area contributed by atoms with Gasteiger partial charge in [0.15, 0.2) is 0 Å². The zero-order valence-electron chi connectivity index (χ0n) is 20.4. The molecule has 0 saturated heterocycles. The topological polar surface area (TPSA) is 41.6 Å². The molecular weight excluding hydrogens is 390 g/mol. The van der Waals surface area contributed by atoms with Crippen molar-refractivity contribution in [3.63, 3.8) is 0 Å². The van der Waals surface area contributed by atoms with Crippen molar-refractivity contribution < 1.29 is 0 Å². The second-order valence-electron chi connectivity index (χ2n) is 13.1. The molecule has 5 fully saturated rings. The Morgan fingerprint density at radius 1 is 1.03 bits per heavy atom. The first kappa shape index (κ1) is 21.2. The predicted molar refractivity (Wildman–Crippen MR) is 128 cm³/mol.